The van der Waals surface area contributed by atoms with E-state index in [0.29, 0.717) is 5.75 Å². The second-order valence-corrected chi connectivity index (χ2v) is 5.43. The van der Waals surface area contributed by atoms with E-state index in [9.17, 15) is 13.2 Å². The van der Waals surface area contributed by atoms with Crippen LogP contribution in [-0.4, -0.2) is 23.7 Å². The molecular formula is C13H18F3NS. The SMILES string of the molecule is CCSCC(C)NC(c1ccccc1)C(F)(F)F. The standard InChI is InChI=1S/C13H18F3NS/c1-3-18-9-10(2)17-12(13(14,15)16)11-7-5-4-6-8-11/h4-8,10,12,17H,3,9H2,1-2H3. The molecular weight excluding hydrogens is 259 g/mol. The lowest BCUT2D eigenvalue weighted by Crippen LogP contribution is -2.40. The third kappa shape index (κ3) is 4.90. The molecule has 5 heteroatoms. The minimum atomic E-state index is -4.27. The van der Waals surface area contributed by atoms with E-state index in [-0.39, 0.29) is 11.6 Å². The number of benzene rings is 1. The van der Waals surface area contributed by atoms with E-state index in [1.54, 1.807) is 36.9 Å². The van der Waals surface area contributed by atoms with E-state index in [0.717, 1.165) is 5.75 Å². The fraction of sp³-hybridized carbons (Fsp3) is 0.538. The molecule has 0 aromatic heterocycles. The predicted octanol–water partition coefficient (Wildman–Crippen LogP) is 4.02. The van der Waals surface area contributed by atoms with Crippen molar-refractivity contribution in [1.29, 1.82) is 0 Å². The first kappa shape index (κ1) is 15.4. The number of nitrogens with one attached hydrogen (secondary N) is 1. The van der Waals surface area contributed by atoms with Crippen LogP contribution in [0.5, 0.6) is 0 Å². The molecule has 0 fully saturated rings. The summed E-state index contributed by atoms with van der Waals surface area (Å²) in [6, 6.07) is 6.21. The van der Waals surface area contributed by atoms with Gasteiger partial charge in [0, 0.05) is 11.8 Å². The molecule has 0 saturated heterocycles. The number of hydrogen-bond acceptors (Lipinski definition) is 2. The summed E-state index contributed by atoms with van der Waals surface area (Å²) < 4.78 is 39.1. The van der Waals surface area contributed by atoms with Crippen molar-refractivity contribution in [2.45, 2.75) is 32.1 Å². The average molecular weight is 277 g/mol. The zero-order valence-electron chi connectivity index (χ0n) is 10.5. The minimum Gasteiger partial charge on any atom is -0.299 e. The number of thioether (sulfide) groups is 1. The Morgan fingerprint density at radius 3 is 2.33 bits per heavy atom. The van der Waals surface area contributed by atoms with Crippen LogP contribution in [0.3, 0.4) is 0 Å². The van der Waals surface area contributed by atoms with Crippen molar-refractivity contribution in [3.05, 3.63) is 35.9 Å². The monoisotopic (exact) mass is 277 g/mol. The first-order chi connectivity index (χ1) is 8.45. The van der Waals surface area contributed by atoms with Gasteiger partial charge in [-0.3, -0.25) is 5.32 Å². The van der Waals surface area contributed by atoms with Crippen LogP contribution in [0.4, 0.5) is 13.2 Å². The van der Waals surface area contributed by atoms with Gasteiger partial charge in [0.05, 0.1) is 0 Å². The van der Waals surface area contributed by atoms with Gasteiger partial charge in [-0.15, -0.1) is 0 Å². The molecule has 2 unspecified atom stereocenters. The zero-order chi connectivity index (χ0) is 13.6. The minimum absolute atomic E-state index is 0.179. The highest BCUT2D eigenvalue weighted by atomic mass is 32.2. The van der Waals surface area contributed by atoms with E-state index in [4.69, 9.17) is 0 Å². The Balaban J connectivity index is 2.75. The van der Waals surface area contributed by atoms with Crippen LogP contribution in [0.1, 0.15) is 25.5 Å². The van der Waals surface area contributed by atoms with Crippen LogP contribution in [-0.2, 0) is 0 Å². The summed E-state index contributed by atoms with van der Waals surface area (Å²) in [4.78, 5) is 0. The molecule has 1 nitrogen and oxygen atoms in total. The van der Waals surface area contributed by atoms with Crippen LogP contribution in [0.2, 0.25) is 0 Å². The van der Waals surface area contributed by atoms with Crippen molar-refractivity contribution < 1.29 is 13.2 Å². The molecule has 0 bridgehead atoms. The molecule has 0 aliphatic heterocycles. The molecule has 1 N–H and O–H groups in total. The molecule has 0 amide bonds. The molecule has 102 valence electrons. The Morgan fingerprint density at radius 1 is 1.22 bits per heavy atom. The number of halogens is 3. The van der Waals surface area contributed by atoms with Crippen LogP contribution in [0, 0.1) is 0 Å². The highest BCUT2D eigenvalue weighted by molar-refractivity contribution is 7.99. The molecule has 0 spiro atoms. The normalized spacial score (nSPS) is 15.4. The molecule has 0 saturated carbocycles. The molecule has 1 aromatic carbocycles. The third-order valence-corrected chi connectivity index (χ3v) is 3.63. The third-order valence-electron chi connectivity index (χ3n) is 2.48. The van der Waals surface area contributed by atoms with E-state index in [1.807, 2.05) is 6.92 Å². The quantitative estimate of drug-likeness (QED) is 0.843. The summed E-state index contributed by atoms with van der Waals surface area (Å²) in [6.45, 7) is 3.78. The van der Waals surface area contributed by atoms with E-state index >= 15 is 0 Å². The van der Waals surface area contributed by atoms with Gasteiger partial charge >= 0.3 is 6.18 Å². The molecule has 1 rings (SSSR count). The average Bonchev–Trinajstić information content (AvgIpc) is 2.33. The summed E-state index contributed by atoms with van der Waals surface area (Å²) in [6.07, 6.45) is -4.27. The number of alkyl halides is 3. The lowest BCUT2D eigenvalue weighted by Gasteiger charge is -2.25. The van der Waals surface area contributed by atoms with Crippen molar-refractivity contribution >= 4 is 11.8 Å². The van der Waals surface area contributed by atoms with E-state index in [2.05, 4.69) is 5.32 Å². The van der Waals surface area contributed by atoms with Gasteiger partial charge in [-0.05, 0) is 18.2 Å². The highest BCUT2D eigenvalue weighted by Gasteiger charge is 2.41. The van der Waals surface area contributed by atoms with Gasteiger partial charge in [-0.2, -0.15) is 24.9 Å². The van der Waals surface area contributed by atoms with Gasteiger partial charge in [-0.1, -0.05) is 37.3 Å². The molecule has 18 heavy (non-hydrogen) atoms. The highest BCUT2D eigenvalue weighted by Crippen LogP contribution is 2.33. The van der Waals surface area contributed by atoms with Gasteiger partial charge < -0.3 is 0 Å². The first-order valence-corrected chi connectivity index (χ1v) is 7.06. The smallest absolute Gasteiger partial charge is 0.299 e. The summed E-state index contributed by atoms with van der Waals surface area (Å²) in [5.74, 6) is 1.59. The maximum Gasteiger partial charge on any atom is 0.407 e. The van der Waals surface area contributed by atoms with Crippen LogP contribution >= 0.6 is 11.8 Å². The predicted molar refractivity (Wildman–Crippen MR) is 70.8 cm³/mol. The van der Waals surface area contributed by atoms with Crippen molar-refractivity contribution in [2.75, 3.05) is 11.5 Å². The van der Waals surface area contributed by atoms with Gasteiger partial charge in [-0.25, -0.2) is 0 Å². The first-order valence-electron chi connectivity index (χ1n) is 5.90. The van der Waals surface area contributed by atoms with Crippen LogP contribution < -0.4 is 5.32 Å². The van der Waals surface area contributed by atoms with Crippen molar-refractivity contribution in [3.63, 3.8) is 0 Å². The topological polar surface area (TPSA) is 12.0 Å². The summed E-state index contributed by atoms with van der Waals surface area (Å²) in [5.41, 5.74) is 0.262. The van der Waals surface area contributed by atoms with Gasteiger partial charge in [0.1, 0.15) is 6.04 Å². The summed E-state index contributed by atoms with van der Waals surface area (Å²) in [7, 11) is 0. The molecule has 0 heterocycles. The molecule has 0 radical (unpaired) electrons. The molecule has 0 aliphatic carbocycles. The largest absolute Gasteiger partial charge is 0.407 e. The summed E-state index contributed by atoms with van der Waals surface area (Å²) >= 11 is 1.63. The fourth-order valence-corrected chi connectivity index (χ4v) is 2.34. The molecule has 1 aromatic rings. The van der Waals surface area contributed by atoms with Crippen molar-refractivity contribution in [2.24, 2.45) is 0 Å². The maximum atomic E-state index is 13.0. The Bertz CT molecular complexity index is 340. The van der Waals surface area contributed by atoms with Gasteiger partial charge in [0.15, 0.2) is 0 Å². The van der Waals surface area contributed by atoms with Gasteiger partial charge in [0.25, 0.3) is 0 Å². The van der Waals surface area contributed by atoms with Crippen molar-refractivity contribution in [3.8, 4) is 0 Å². The van der Waals surface area contributed by atoms with Crippen LogP contribution in [0.15, 0.2) is 30.3 Å². The Morgan fingerprint density at radius 2 is 1.83 bits per heavy atom. The summed E-state index contributed by atoms with van der Waals surface area (Å²) in [5, 5.41) is 2.66. The van der Waals surface area contributed by atoms with E-state index < -0.39 is 12.2 Å². The fourth-order valence-electron chi connectivity index (χ4n) is 1.65. The number of rotatable bonds is 6. The Labute approximate surface area is 110 Å². The zero-order valence-corrected chi connectivity index (χ0v) is 11.3. The van der Waals surface area contributed by atoms with E-state index in [1.165, 1.54) is 12.1 Å². The number of hydrogen-bond donors (Lipinski definition) is 1. The second-order valence-electron chi connectivity index (χ2n) is 4.11. The maximum absolute atomic E-state index is 13.0. The van der Waals surface area contributed by atoms with Crippen LogP contribution in [0.25, 0.3) is 0 Å². The Kier molecular flexibility index (Phi) is 6.02. The molecule has 0 aliphatic rings. The Hall–Kier alpha value is -0.680. The molecule has 2 atom stereocenters. The van der Waals surface area contributed by atoms with Gasteiger partial charge in [0.2, 0.25) is 0 Å². The second kappa shape index (κ2) is 7.04. The lowest BCUT2D eigenvalue weighted by molar-refractivity contribution is -0.159. The lowest BCUT2D eigenvalue weighted by atomic mass is 10.1. The van der Waals surface area contributed by atoms with Crippen molar-refractivity contribution in [1.82, 2.24) is 5.32 Å².